The van der Waals surface area contributed by atoms with Crippen LogP contribution in [0, 0.1) is 0 Å². The van der Waals surface area contributed by atoms with E-state index in [0.717, 1.165) is 0 Å². The summed E-state index contributed by atoms with van der Waals surface area (Å²) in [6.45, 7) is 0. The average Bonchev–Trinajstić information content (AvgIpc) is 1.84. The number of hydrogen-bond donors (Lipinski definition) is 2. The minimum atomic E-state index is -2.44. The molecule has 70 valence electrons. The van der Waals surface area contributed by atoms with Crippen LogP contribution in [0.5, 0.6) is 0 Å². The number of aliphatic carboxylic acids is 2. The smallest absolute Gasteiger partial charge is 0.547 e. The van der Waals surface area contributed by atoms with Crippen LogP contribution in [0.2, 0.25) is 0 Å². The van der Waals surface area contributed by atoms with E-state index in [-0.39, 0.29) is 120 Å². The zero-order valence-electron chi connectivity index (χ0n) is 6.68. The van der Waals surface area contributed by atoms with E-state index in [1.807, 2.05) is 0 Å². The molecule has 0 spiro atoms. The quantitative estimate of drug-likeness (QED) is 0.482. The molecule has 0 amide bonds. The molecule has 0 fully saturated rings. The van der Waals surface area contributed by atoms with E-state index in [2.05, 4.69) is 0 Å². The number of hydrogen-bond acceptors (Lipinski definition) is 6. The van der Waals surface area contributed by atoms with Crippen molar-refractivity contribution in [1.29, 1.82) is 0 Å². The van der Waals surface area contributed by atoms with Crippen molar-refractivity contribution >= 4 is 28.8 Å². The maximum Gasteiger partial charge on any atom is 1.00 e. The zero-order chi connectivity index (χ0) is 8.31. The first-order valence-electron chi connectivity index (χ1n) is 2.24. The molecule has 10 heteroatoms. The van der Waals surface area contributed by atoms with Crippen LogP contribution >= 0.6 is 0 Å². The minimum absolute atomic E-state index is 0. The van der Waals surface area contributed by atoms with Gasteiger partial charge in [0.05, 0.1) is 28.8 Å². The molecule has 0 aromatic heterocycles. The molecule has 0 radical (unpaired) electrons. The summed E-state index contributed by atoms with van der Waals surface area (Å²) >= 11 is 0. The third-order valence-electron chi connectivity index (χ3n) is 0.782. The summed E-state index contributed by atoms with van der Waals surface area (Å²) in [6, 6.07) is 0. The third kappa shape index (κ3) is 12.3. The molecular formula is C4H10B2K2O6. The van der Waals surface area contributed by atoms with Crippen molar-refractivity contribution in [1.82, 2.24) is 0 Å². The van der Waals surface area contributed by atoms with E-state index in [1.54, 1.807) is 0 Å². The number of carboxylic acids is 2. The van der Waals surface area contributed by atoms with Crippen LogP contribution in [0.4, 0.5) is 0 Å². The molecule has 0 aromatic carbocycles. The number of aliphatic hydroxyl groups is 2. The van der Waals surface area contributed by atoms with Crippen molar-refractivity contribution in [2.45, 2.75) is 12.2 Å². The molecule has 0 rings (SSSR count). The maximum absolute atomic E-state index is 9.63. The summed E-state index contributed by atoms with van der Waals surface area (Å²) in [7, 11) is 0. The van der Waals surface area contributed by atoms with Gasteiger partial charge in [0, 0.05) is 0 Å². The monoisotopic (exact) mass is 254 g/mol. The minimum Gasteiger partial charge on any atom is -0.547 e. The Bertz CT molecular complexity index is 150. The van der Waals surface area contributed by atoms with Crippen LogP contribution in [0.1, 0.15) is 0 Å². The molecule has 2 N–H and O–H groups in total. The summed E-state index contributed by atoms with van der Waals surface area (Å²) in [5, 5.41) is 35.7. The normalized spacial score (nSPS) is 11.3. The second kappa shape index (κ2) is 15.3. The van der Waals surface area contributed by atoms with E-state index in [0.29, 0.717) is 0 Å². The summed E-state index contributed by atoms with van der Waals surface area (Å²) in [4.78, 5) is 19.3. The predicted octanol–water partition coefficient (Wildman–Crippen LogP) is -13.2. The molecule has 0 aliphatic heterocycles. The van der Waals surface area contributed by atoms with E-state index in [1.165, 1.54) is 0 Å². The topological polar surface area (TPSA) is 121 Å². The molecule has 0 heterocycles. The Kier molecular flexibility index (Phi) is 32.6. The second-order valence-corrected chi connectivity index (χ2v) is 1.53. The summed E-state index contributed by atoms with van der Waals surface area (Å²) in [5.74, 6) is -4.12. The van der Waals surface area contributed by atoms with Gasteiger partial charge < -0.3 is 30.0 Å². The predicted molar refractivity (Wildman–Crippen MR) is 41.9 cm³/mol. The maximum atomic E-state index is 9.63. The Balaban J connectivity index is -0.0000000675. The average molecular weight is 254 g/mol. The molecule has 0 bridgehead atoms. The van der Waals surface area contributed by atoms with Crippen molar-refractivity contribution in [3.8, 4) is 0 Å². The Morgan fingerprint density at radius 1 is 0.857 bits per heavy atom. The van der Waals surface area contributed by atoms with Crippen molar-refractivity contribution in [2.75, 3.05) is 0 Å². The van der Waals surface area contributed by atoms with Gasteiger partial charge in [-0.05, 0) is 0 Å². The molecule has 2 atom stereocenters. The number of carboxylic acid groups (broad SMARTS) is 2. The Labute approximate surface area is 170 Å². The van der Waals surface area contributed by atoms with Crippen molar-refractivity contribution in [2.24, 2.45) is 0 Å². The molecule has 0 aliphatic rings. The fraction of sp³-hybridized carbons (Fsp3) is 0.500. The fourth-order valence-electron chi connectivity index (χ4n) is 0.258. The molecule has 0 saturated carbocycles. The van der Waals surface area contributed by atoms with Gasteiger partial charge in [0.15, 0.2) is 0 Å². The number of carbonyl (C=O) groups excluding carboxylic acids is 2. The summed E-state index contributed by atoms with van der Waals surface area (Å²) in [5.41, 5.74) is 0. The van der Waals surface area contributed by atoms with Crippen LogP contribution in [0.3, 0.4) is 0 Å². The van der Waals surface area contributed by atoms with Gasteiger partial charge in [-0.2, -0.15) is 0 Å². The van der Waals surface area contributed by atoms with E-state index in [4.69, 9.17) is 10.2 Å². The summed E-state index contributed by atoms with van der Waals surface area (Å²) in [6.07, 6.45) is -4.88. The van der Waals surface area contributed by atoms with Crippen LogP contribution in [0.15, 0.2) is 0 Å². The van der Waals surface area contributed by atoms with Gasteiger partial charge >= 0.3 is 103 Å². The third-order valence-corrected chi connectivity index (χ3v) is 0.782. The largest absolute Gasteiger partial charge is 1.00 e. The molecular weight excluding hydrogens is 244 g/mol. The van der Waals surface area contributed by atoms with Gasteiger partial charge in [-0.1, -0.05) is 0 Å². The van der Waals surface area contributed by atoms with Gasteiger partial charge in [-0.15, -0.1) is 0 Å². The molecule has 14 heavy (non-hydrogen) atoms. The number of carbonyl (C=O) groups is 2. The van der Waals surface area contributed by atoms with Gasteiger partial charge in [-0.25, -0.2) is 0 Å². The van der Waals surface area contributed by atoms with Gasteiger partial charge in [0.1, 0.15) is 12.2 Å². The SMILES string of the molecule is B.B.O=C([O-])C(O)C(O)C(=O)[O-].[K+].[K+]. The Morgan fingerprint density at radius 3 is 1.07 bits per heavy atom. The summed E-state index contributed by atoms with van der Waals surface area (Å²) < 4.78 is 0. The molecule has 0 aromatic rings. The van der Waals surface area contributed by atoms with Crippen LogP contribution < -0.4 is 113 Å². The molecule has 0 aliphatic carbocycles. The first kappa shape index (κ1) is 29.9. The number of rotatable bonds is 3. The molecule has 0 saturated heterocycles. The fourth-order valence-corrected chi connectivity index (χ4v) is 0.258. The van der Waals surface area contributed by atoms with Gasteiger partial charge in [0.2, 0.25) is 0 Å². The van der Waals surface area contributed by atoms with Gasteiger partial charge in [0.25, 0.3) is 0 Å². The van der Waals surface area contributed by atoms with E-state index < -0.39 is 24.1 Å². The molecule has 2 unspecified atom stereocenters. The standard InChI is InChI=1S/C4H6O6.2BH3.2K/c5-1(3(7)8)2(6)4(9)10;;;;/h1-2,5-6H,(H,7,8)(H,9,10);2*1H3;;/q;;;2*+1/p-2. The van der Waals surface area contributed by atoms with Crippen LogP contribution in [-0.4, -0.2) is 51.2 Å². The Morgan fingerprint density at radius 2 is 1.00 bits per heavy atom. The van der Waals surface area contributed by atoms with Crippen molar-refractivity contribution < 1.29 is 133 Å². The Hall–Kier alpha value is 2.26. The zero-order valence-corrected chi connectivity index (χ0v) is 12.9. The van der Waals surface area contributed by atoms with E-state index >= 15 is 0 Å². The number of aliphatic hydroxyl groups excluding tert-OH is 2. The first-order valence-corrected chi connectivity index (χ1v) is 2.24. The van der Waals surface area contributed by atoms with Gasteiger partial charge in [-0.3, -0.25) is 0 Å². The van der Waals surface area contributed by atoms with Crippen molar-refractivity contribution in [3.05, 3.63) is 0 Å². The van der Waals surface area contributed by atoms with Crippen LogP contribution in [-0.2, 0) is 9.59 Å². The molecule has 6 nitrogen and oxygen atoms in total. The van der Waals surface area contributed by atoms with Crippen molar-refractivity contribution in [3.63, 3.8) is 0 Å². The van der Waals surface area contributed by atoms with E-state index in [9.17, 15) is 19.8 Å². The van der Waals surface area contributed by atoms with Crippen LogP contribution in [0.25, 0.3) is 0 Å². The second-order valence-electron chi connectivity index (χ2n) is 1.53. The first-order chi connectivity index (χ1) is 4.46.